The average Bonchev–Trinajstić information content (AvgIpc) is 3.10. The second-order valence-corrected chi connectivity index (χ2v) is 15.8. The summed E-state index contributed by atoms with van der Waals surface area (Å²) in [7, 11) is -1.85. The summed E-state index contributed by atoms with van der Waals surface area (Å²) < 4.78 is 45.7. The van der Waals surface area contributed by atoms with E-state index in [4.69, 9.17) is 4.43 Å². The van der Waals surface area contributed by atoms with E-state index in [2.05, 4.69) is 43.7 Å². The number of piperidine rings is 1. The van der Waals surface area contributed by atoms with Crippen molar-refractivity contribution in [1.82, 2.24) is 4.98 Å². The minimum atomic E-state index is -4.36. The molecule has 9 heteroatoms. The number of anilines is 1. The molecule has 0 bridgehead atoms. The van der Waals surface area contributed by atoms with Gasteiger partial charge in [0.2, 0.25) is 0 Å². The fourth-order valence-corrected chi connectivity index (χ4v) is 5.62. The second-order valence-electron chi connectivity index (χ2n) is 10.0. The predicted octanol–water partition coefficient (Wildman–Crippen LogP) is 6.51. The molecule has 2 heterocycles. The van der Waals surface area contributed by atoms with Crippen molar-refractivity contribution in [2.75, 3.05) is 24.6 Å². The largest absolute Gasteiger partial charge is 0.417 e. The van der Waals surface area contributed by atoms with Gasteiger partial charge in [0.15, 0.2) is 13.4 Å². The van der Waals surface area contributed by atoms with Crippen LogP contribution in [0, 0.1) is 5.41 Å². The Kier molecular flexibility index (Phi) is 6.62. The van der Waals surface area contributed by atoms with E-state index in [9.17, 15) is 18.0 Å². The first kappa shape index (κ1) is 24.2. The topological polar surface area (TPSA) is 42.4 Å². The molecule has 0 spiro atoms. The van der Waals surface area contributed by atoms with Crippen molar-refractivity contribution in [3.05, 3.63) is 23.8 Å². The van der Waals surface area contributed by atoms with E-state index in [1.54, 1.807) is 0 Å². The van der Waals surface area contributed by atoms with Gasteiger partial charge >= 0.3 is 6.18 Å². The molecule has 31 heavy (non-hydrogen) atoms. The molecule has 0 amide bonds. The van der Waals surface area contributed by atoms with Gasteiger partial charge in [-0.2, -0.15) is 13.2 Å². The van der Waals surface area contributed by atoms with Gasteiger partial charge in [0.1, 0.15) is 6.29 Å². The quantitative estimate of drug-likeness (QED) is 0.355. The number of aldehydes is 1. The van der Waals surface area contributed by atoms with Crippen LogP contribution >= 0.6 is 11.3 Å². The third kappa shape index (κ3) is 5.31. The minimum Gasteiger partial charge on any atom is -0.417 e. The van der Waals surface area contributed by atoms with Crippen molar-refractivity contribution < 1.29 is 22.4 Å². The summed E-state index contributed by atoms with van der Waals surface area (Å²) in [6.45, 7) is 12.9. The van der Waals surface area contributed by atoms with Crippen molar-refractivity contribution in [2.24, 2.45) is 5.41 Å². The van der Waals surface area contributed by atoms with Crippen LogP contribution < -0.4 is 4.90 Å². The van der Waals surface area contributed by atoms with Crippen LogP contribution in [0.25, 0.3) is 10.2 Å². The van der Waals surface area contributed by atoms with Crippen molar-refractivity contribution in [2.45, 2.75) is 64.3 Å². The highest BCUT2D eigenvalue weighted by Gasteiger charge is 2.39. The van der Waals surface area contributed by atoms with Gasteiger partial charge < -0.3 is 14.1 Å². The lowest BCUT2D eigenvalue weighted by Gasteiger charge is -2.40. The van der Waals surface area contributed by atoms with Crippen molar-refractivity contribution >= 4 is 41.3 Å². The number of hydrogen-bond acceptors (Lipinski definition) is 5. The smallest absolute Gasteiger partial charge is 0.416 e. The van der Waals surface area contributed by atoms with Crippen LogP contribution in [-0.2, 0) is 15.4 Å². The fraction of sp³-hybridized carbons (Fsp3) is 0.636. The Hall–Kier alpha value is -1.45. The maximum absolute atomic E-state index is 13.0. The molecule has 0 N–H and O–H groups in total. The molecular weight excluding hydrogens is 441 g/mol. The number of benzene rings is 1. The fourth-order valence-electron chi connectivity index (χ4n) is 3.52. The first-order valence-corrected chi connectivity index (χ1v) is 14.3. The van der Waals surface area contributed by atoms with Gasteiger partial charge in [0.25, 0.3) is 0 Å². The number of carbonyl (C=O) groups is 1. The molecule has 0 atom stereocenters. The van der Waals surface area contributed by atoms with E-state index in [1.165, 1.54) is 17.4 Å². The zero-order chi connectivity index (χ0) is 23.1. The van der Waals surface area contributed by atoms with Crippen molar-refractivity contribution in [3.8, 4) is 0 Å². The Morgan fingerprint density at radius 1 is 1.23 bits per heavy atom. The van der Waals surface area contributed by atoms with Gasteiger partial charge in [0.05, 0.1) is 15.8 Å². The van der Waals surface area contributed by atoms with Crippen molar-refractivity contribution in [3.63, 3.8) is 0 Å². The monoisotopic (exact) mass is 472 g/mol. The van der Waals surface area contributed by atoms with Crippen LogP contribution in [0.4, 0.5) is 18.3 Å². The van der Waals surface area contributed by atoms with E-state index in [1.807, 2.05) is 0 Å². The Morgan fingerprint density at radius 2 is 1.87 bits per heavy atom. The van der Waals surface area contributed by atoms with E-state index in [0.29, 0.717) is 54.3 Å². The Bertz CT molecular complexity index is 929. The molecule has 172 valence electrons. The molecule has 3 rings (SSSR count). The first-order valence-electron chi connectivity index (χ1n) is 10.6. The predicted molar refractivity (Wildman–Crippen MR) is 122 cm³/mol. The van der Waals surface area contributed by atoms with Crippen LogP contribution in [0.5, 0.6) is 0 Å². The summed E-state index contributed by atoms with van der Waals surface area (Å²) in [6, 6.07) is 3.66. The zero-order valence-electron chi connectivity index (χ0n) is 18.8. The molecule has 0 saturated carbocycles. The molecule has 0 aliphatic carbocycles. The van der Waals surface area contributed by atoms with Crippen LogP contribution in [-0.4, -0.2) is 39.3 Å². The number of carbonyl (C=O) groups excluding carboxylic acids is 1. The summed E-state index contributed by atoms with van der Waals surface area (Å²) in [5.74, 6) is 0. The number of rotatable bonds is 6. The zero-order valence-corrected chi connectivity index (χ0v) is 20.6. The van der Waals surface area contributed by atoms with E-state index in [-0.39, 0.29) is 5.04 Å². The standard InChI is InChI=1S/C22H31F3N2O2SSi/c1-20(2,3)31(4,5)29-13-10-21(15-28)8-11-27(12-9-21)19-26-17-7-6-16(22(23,24)25)14-18(17)30-19/h6-7,14-15H,8-13H2,1-5H3. The molecule has 1 aliphatic heterocycles. The SMILES string of the molecule is CC(C)(C)[Si](C)(C)OCCC1(C=O)CCN(c2nc3ccc(C(F)(F)F)cc3s2)CC1. The van der Waals surface area contributed by atoms with E-state index >= 15 is 0 Å². The molecule has 0 radical (unpaired) electrons. The van der Waals surface area contributed by atoms with Crippen LogP contribution in [0.15, 0.2) is 18.2 Å². The van der Waals surface area contributed by atoms with E-state index in [0.717, 1.165) is 18.4 Å². The molecular formula is C22H31F3N2O2SSi. The summed E-state index contributed by atoms with van der Waals surface area (Å²) in [5, 5.41) is 0.843. The highest BCUT2D eigenvalue weighted by atomic mass is 32.1. The molecule has 0 unspecified atom stereocenters. The molecule has 1 fully saturated rings. The van der Waals surface area contributed by atoms with E-state index < -0.39 is 25.5 Å². The number of aromatic nitrogens is 1. The molecule has 1 aliphatic rings. The normalized spacial score (nSPS) is 17.9. The van der Waals surface area contributed by atoms with Gasteiger partial charge in [-0.3, -0.25) is 0 Å². The molecule has 1 aromatic carbocycles. The maximum atomic E-state index is 13.0. The third-order valence-electron chi connectivity index (χ3n) is 6.85. The summed E-state index contributed by atoms with van der Waals surface area (Å²) >= 11 is 1.27. The first-order chi connectivity index (χ1) is 14.3. The molecule has 2 aromatic rings. The number of hydrogen-bond donors (Lipinski definition) is 0. The van der Waals surface area contributed by atoms with Crippen LogP contribution in [0.1, 0.15) is 45.6 Å². The number of nitrogens with zero attached hydrogens (tertiary/aromatic N) is 2. The average molecular weight is 473 g/mol. The Morgan fingerprint density at radius 3 is 2.42 bits per heavy atom. The lowest BCUT2D eigenvalue weighted by molar-refractivity contribution is -0.137. The van der Waals surface area contributed by atoms with Gasteiger partial charge in [-0.1, -0.05) is 32.1 Å². The third-order valence-corrected chi connectivity index (χ3v) is 12.5. The van der Waals surface area contributed by atoms with Crippen molar-refractivity contribution in [1.29, 1.82) is 0 Å². The highest BCUT2D eigenvalue weighted by molar-refractivity contribution is 7.22. The second kappa shape index (κ2) is 8.48. The minimum absolute atomic E-state index is 0.129. The van der Waals surface area contributed by atoms with Crippen LogP contribution in [0.3, 0.4) is 0 Å². The molecule has 4 nitrogen and oxygen atoms in total. The lowest BCUT2D eigenvalue weighted by atomic mass is 9.77. The van der Waals surface area contributed by atoms with Crippen LogP contribution in [0.2, 0.25) is 18.1 Å². The highest BCUT2D eigenvalue weighted by Crippen LogP contribution is 2.40. The number of halogens is 3. The summed E-state index contributed by atoms with van der Waals surface area (Å²) in [5.41, 5.74) is -0.488. The Balaban J connectivity index is 1.64. The maximum Gasteiger partial charge on any atom is 0.416 e. The lowest BCUT2D eigenvalue weighted by Crippen LogP contribution is -2.44. The summed E-state index contributed by atoms with van der Waals surface area (Å²) in [4.78, 5) is 18.6. The Labute approximate surface area is 186 Å². The van der Waals surface area contributed by atoms with Gasteiger partial charge in [-0.25, -0.2) is 4.98 Å². The number of alkyl halides is 3. The summed E-state index contributed by atoms with van der Waals surface area (Å²) in [6.07, 6.45) is -1.19. The molecule has 1 aromatic heterocycles. The van der Waals surface area contributed by atoms with Gasteiger partial charge in [-0.15, -0.1) is 0 Å². The number of fused-ring (bicyclic) bond motifs is 1. The van der Waals surface area contributed by atoms with Gasteiger partial charge in [0, 0.05) is 25.1 Å². The molecule has 1 saturated heterocycles. The van der Waals surface area contributed by atoms with Gasteiger partial charge in [-0.05, 0) is 55.6 Å². The number of thiazole rings is 1.